The van der Waals surface area contributed by atoms with E-state index in [-0.39, 0.29) is 0 Å². The Morgan fingerprint density at radius 2 is 1.95 bits per heavy atom. The standard InChI is InChI=1S/C17H35N3/c1-5-14-8-7-9-15(12-14)17(18-6-2)16-13-19(3)10-11-20(16)4/h14-18H,5-13H2,1-4H3. The van der Waals surface area contributed by atoms with Crippen LogP contribution >= 0.6 is 0 Å². The topological polar surface area (TPSA) is 18.5 Å². The molecule has 20 heavy (non-hydrogen) atoms. The smallest absolute Gasteiger partial charge is 0.0376 e. The molecular formula is C17H35N3. The molecular weight excluding hydrogens is 246 g/mol. The number of nitrogens with zero attached hydrogens (tertiary/aromatic N) is 2. The van der Waals surface area contributed by atoms with Gasteiger partial charge in [-0.2, -0.15) is 0 Å². The fourth-order valence-electron chi connectivity index (χ4n) is 4.31. The third kappa shape index (κ3) is 3.96. The Balaban J connectivity index is 2.04. The van der Waals surface area contributed by atoms with E-state index in [9.17, 15) is 0 Å². The van der Waals surface area contributed by atoms with Gasteiger partial charge < -0.3 is 10.2 Å². The summed E-state index contributed by atoms with van der Waals surface area (Å²) in [7, 11) is 4.60. The summed E-state index contributed by atoms with van der Waals surface area (Å²) in [6.07, 6.45) is 7.16. The highest BCUT2D eigenvalue weighted by molar-refractivity contribution is 4.94. The molecule has 1 N–H and O–H groups in total. The molecule has 0 amide bonds. The molecule has 4 unspecified atom stereocenters. The van der Waals surface area contributed by atoms with Crippen molar-refractivity contribution in [3.63, 3.8) is 0 Å². The number of piperazine rings is 1. The molecule has 2 rings (SSSR count). The predicted molar refractivity (Wildman–Crippen MR) is 87.1 cm³/mol. The maximum absolute atomic E-state index is 3.85. The number of nitrogens with one attached hydrogen (secondary N) is 1. The monoisotopic (exact) mass is 281 g/mol. The van der Waals surface area contributed by atoms with Crippen LogP contribution in [-0.4, -0.2) is 62.2 Å². The first-order valence-corrected chi connectivity index (χ1v) is 8.77. The Bertz CT molecular complexity index is 281. The minimum atomic E-state index is 0.682. The van der Waals surface area contributed by atoms with Crippen molar-refractivity contribution in [2.24, 2.45) is 11.8 Å². The summed E-state index contributed by atoms with van der Waals surface area (Å²) in [5.41, 5.74) is 0. The maximum Gasteiger partial charge on any atom is 0.0376 e. The van der Waals surface area contributed by atoms with Gasteiger partial charge in [0.1, 0.15) is 0 Å². The summed E-state index contributed by atoms with van der Waals surface area (Å²) >= 11 is 0. The molecule has 0 aromatic carbocycles. The highest BCUT2D eigenvalue weighted by Gasteiger charge is 2.36. The van der Waals surface area contributed by atoms with Crippen LogP contribution in [0.3, 0.4) is 0 Å². The third-order valence-corrected chi connectivity index (χ3v) is 5.66. The van der Waals surface area contributed by atoms with Crippen molar-refractivity contribution in [2.45, 2.75) is 58.0 Å². The number of hydrogen-bond acceptors (Lipinski definition) is 3. The van der Waals surface area contributed by atoms with E-state index < -0.39 is 0 Å². The molecule has 1 aliphatic carbocycles. The zero-order valence-corrected chi connectivity index (χ0v) is 14.1. The van der Waals surface area contributed by atoms with Crippen LogP contribution in [0.4, 0.5) is 0 Å². The van der Waals surface area contributed by atoms with Crippen molar-refractivity contribution in [1.29, 1.82) is 0 Å². The van der Waals surface area contributed by atoms with E-state index in [1.54, 1.807) is 0 Å². The first kappa shape index (κ1) is 16.3. The van der Waals surface area contributed by atoms with Crippen LogP contribution in [-0.2, 0) is 0 Å². The summed E-state index contributed by atoms with van der Waals surface area (Å²) in [4.78, 5) is 5.11. The first-order chi connectivity index (χ1) is 9.65. The fraction of sp³-hybridized carbons (Fsp3) is 1.00. The Labute approximate surface area is 126 Å². The zero-order valence-electron chi connectivity index (χ0n) is 14.1. The van der Waals surface area contributed by atoms with E-state index in [4.69, 9.17) is 0 Å². The third-order valence-electron chi connectivity index (χ3n) is 5.66. The van der Waals surface area contributed by atoms with Crippen molar-refractivity contribution in [1.82, 2.24) is 15.1 Å². The Hall–Kier alpha value is -0.120. The second kappa shape index (κ2) is 7.77. The average molecular weight is 281 g/mol. The molecule has 3 nitrogen and oxygen atoms in total. The molecule has 1 heterocycles. The second-order valence-electron chi connectivity index (χ2n) is 7.09. The number of hydrogen-bond donors (Lipinski definition) is 1. The van der Waals surface area contributed by atoms with Gasteiger partial charge in [0.15, 0.2) is 0 Å². The van der Waals surface area contributed by atoms with Crippen molar-refractivity contribution in [3.8, 4) is 0 Å². The highest BCUT2D eigenvalue weighted by Crippen LogP contribution is 2.34. The van der Waals surface area contributed by atoms with E-state index in [1.165, 1.54) is 51.7 Å². The van der Waals surface area contributed by atoms with Gasteiger partial charge in [-0.25, -0.2) is 0 Å². The van der Waals surface area contributed by atoms with Gasteiger partial charge in [-0.05, 0) is 45.3 Å². The lowest BCUT2D eigenvalue weighted by atomic mass is 9.74. The van der Waals surface area contributed by atoms with Gasteiger partial charge in [0.05, 0.1) is 0 Å². The molecule has 4 atom stereocenters. The Morgan fingerprint density at radius 3 is 2.65 bits per heavy atom. The lowest BCUT2D eigenvalue weighted by Gasteiger charge is -2.46. The quantitative estimate of drug-likeness (QED) is 0.835. The fourth-order valence-corrected chi connectivity index (χ4v) is 4.31. The van der Waals surface area contributed by atoms with E-state index in [0.717, 1.165) is 18.4 Å². The molecule has 1 saturated heterocycles. The predicted octanol–water partition coefficient (Wildman–Crippen LogP) is 2.43. The summed E-state index contributed by atoms with van der Waals surface area (Å²) in [5.74, 6) is 1.86. The molecule has 0 spiro atoms. The second-order valence-corrected chi connectivity index (χ2v) is 7.09. The molecule has 2 aliphatic rings. The SMILES string of the molecule is CCNC(C1CCCC(CC)C1)C1CN(C)CCN1C. The molecule has 3 heteroatoms. The molecule has 1 saturated carbocycles. The van der Waals surface area contributed by atoms with E-state index in [2.05, 4.69) is 43.1 Å². The summed E-state index contributed by atoms with van der Waals surface area (Å²) < 4.78 is 0. The Morgan fingerprint density at radius 1 is 1.15 bits per heavy atom. The lowest BCUT2D eigenvalue weighted by Crippen LogP contribution is -2.61. The largest absolute Gasteiger partial charge is 0.312 e. The maximum atomic E-state index is 3.85. The van der Waals surface area contributed by atoms with Crippen molar-refractivity contribution < 1.29 is 0 Å². The summed E-state index contributed by atoms with van der Waals surface area (Å²) in [5, 5.41) is 3.85. The van der Waals surface area contributed by atoms with Gasteiger partial charge in [0, 0.05) is 31.7 Å². The minimum absolute atomic E-state index is 0.682. The molecule has 0 bridgehead atoms. The minimum Gasteiger partial charge on any atom is -0.312 e. The van der Waals surface area contributed by atoms with Crippen LogP contribution in [0.15, 0.2) is 0 Å². The van der Waals surface area contributed by atoms with Crippen molar-refractivity contribution in [3.05, 3.63) is 0 Å². The highest BCUT2D eigenvalue weighted by atomic mass is 15.3. The van der Waals surface area contributed by atoms with E-state index in [1.807, 2.05) is 0 Å². The molecule has 1 aliphatic heterocycles. The van der Waals surface area contributed by atoms with Crippen LogP contribution < -0.4 is 5.32 Å². The van der Waals surface area contributed by atoms with Crippen LogP contribution in [0.1, 0.15) is 46.0 Å². The van der Waals surface area contributed by atoms with Crippen LogP contribution in [0.5, 0.6) is 0 Å². The molecule has 2 fully saturated rings. The van der Waals surface area contributed by atoms with Crippen molar-refractivity contribution in [2.75, 3.05) is 40.3 Å². The van der Waals surface area contributed by atoms with Gasteiger partial charge in [0.25, 0.3) is 0 Å². The van der Waals surface area contributed by atoms with Crippen LogP contribution in [0.25, 0.3) is 0 Å². The first-order valence-electron chi connectivity index (χ1n) is 8.77. The molecule has 0 radical (unpaired) electrons. The average Bonchev–Trinajstić information content (AvgIpc) is 2.47. The number of likely N-dealkylation sites (N-methyl/N-ethyl adjacent to an activating group) is 3. The van der Waals surface area contributed by atoms with Gasteiger partial charge in [-0.1, -0.05) is 33.1 Å². The molecule has 0 aromatic heterocycles. The lowest BCUT2D eigenvalue weighted by molar-refractivity contribution is 0.0563. The summed E-state index contributed by atoms with van der Waals surface area (Å²) in [6.45, 7) is 9.39. The molecule has 0 aromatic rings. The van der Waals surface area contributed by atoms with E-state index >= 15 is 0 Å². The van der Waals surface area contributed by atoms with Crippen LogP contribution in [0.2, 0.25) is 0 Å². The summed E-state index contributed by atoms with van der Waals surface area (Å²) in [6, 6.07) is 1.37. The normalized spacial score (nSPS) is 35.1. The Kier molecular flexibility index (Phi) is 6.31. The van der Waals surface area contributed by atoms with E-state index in [0.29, 0.717) is 12.1 Å². The van der Waals surface area contributed by atoms with Gasteiger partial charge >= 0.3 is 0 Å². The van der Waals surface area contributed by atoms with Crippen LogP contribution in [0, 0.1) is 11.8 Å². The van der Waals surface area contributed by atoms with Crippen molar-refractivity contribution >= 4 is 0 Å². The van der Waals surface area contributed by atoms with Gasteiger partial charge in [0.2, 0.25) is 0 Å². The zero-order chi connectivity index (χ0) is 14.5. The molecule has 118 valence electrons. The van der Waals surface area contributed by atoms with Gasteiger partial charge in [-0.15, -0.1) is 0 Å². The number of rotatable bonds is 5. The van der Waals surface area contributed by atoms with Gasteiger partial charge in [-0.3, -0.25) is 4.90 Å².